The molecule has 1 aromatic rings. The number of rotatable bonds is 5. The average Bonchev–Trinajstić information content (AvgIpc) is 2.17. The Morgan fingerprint density at radius 1 is 1.57 bits per heavy atom. The lowest BCUT2D eigenvalue weighted by Crippen LogP contribution is -2.24. The Morgan fingerprint density at radius 2 is 2.36 bits per heavy atom. The molecule has 4 heteroatoms. The molecule has 1 unspecified atom stereocenters. The molecule has 1 rings (SSSR count). The molecule has 0 aliphatic rings. The first-order chi connectivity index (χ1) is 6.72. The monoisotopic (exact) mass is 210 g/mol. The molecular weight excluding hydrogens is 196 g/mol. The Balaban J connectivity index is 2.53. The standard InChI is InChI=1S/C10H14N2OS/c1-12(2)7-9(8-13)14-10-5-3-4-6-11-10/h3-6,8-9H,7H2,1-2H3. The number of hydrogen-bond acceptors (Lipinski definition) is 4. The molecule has 0 bridgehead atoms. The van der Waals surface area contributed by atoms with Crippen LogP contribution in [-0.4, -0.2) is 42.1 Å². The van der Waals surface area contributed by atoms with Crippen LogP contribution in [0.3, 0.4) is 0 Å². The molecule has 76 valence electrons. The van der Waals surface area contributed by atoms with Crippen LogP contribution in [0.15, 0.2) is 29.4 Å². The Hall–Kier alpha value is -0.870. The lowest BCUT2D eigenvalue weighted by atomic mass is 10.4. The number of carbonyl (C=O) groups excluding carboxylic acids is 1. The van der Waals surface area contributed by atoms with E-state index in [4.69, 9.17) is 0 Å². The van der Waals surface area contributed by atoms with Crippen LogP contribution in [0.25, 0.3) is 0 Å². The lowest BCUT2D eigenvalue weighted by Gasteiger charge is -2.14. The molecule has 1 heterocycles. The number of thioether (sulfide) groups is 1. The van der Waals surface area contributed by atoms with Crippen molar-refractivity contribution in [3.8, 4) is 0 Å². The number of pyridine rings is 1. The number of nitrogens with zero attached hydrogens (tertiary/aromatic N) is 2. The third kappa shape index (κ3) is 3.89. The molecule has 0 aliphatic heterocycles. The number of aromatic nitrogens is 1. The first-order valence-electron chi connectivity index (χ1n) is 4.40. The molecule has 1 atom stereocenters. The van der Waals surface area contributed by atoms with Gasteiger partial charge < -0.3 is 9.69 Å². The van der Waals surface area contributed by atoms with E-state index in [2.05, 4.69) is 4.98 Å². The number of aldehydes is 1. The molecule has 0 N–H and O–H groups in total. The van der Waals surface area contributed by atoms with Gasteiger partial charge in [-0.15, -0.1) is 0 Å². The largest absolute Gasteiger partial charge is 0.308 e. The number of hydrogen-bond donors (Lipinski definition) is 0. The third-order valence-corrected chi connectivity index (χ3v) is 2.65. The van der Waals surface area contributed by atoms with Crippen LogP contribution in [0, 0.1) is 0 Å². The fourth-order valence-corrected chi connectivity index (χ4v) is 2.06. The van der Waals surface area contributed by atoms with Crippen LogP contribution in [-0.2, 0) is 4.79 Å². The van der Waals surface area contributed by atoms with E-state index in [9.17, 15) is 4.79 Å². The van der Waals surface area contributed by atoms with Crippen molar-refractivity contribution >= 4 is 18.0 Å². The van der Waals surface area contributed by atoms with Crippen molar-refractivity contribution in [3.63, 3.8) is 0 Å². The van der Waals surface area contributed by atoms with E-state index < -0.39 is 0 Å². The van der Waals surface area contributed by atoms with Crippen LogP contribution in [0.2, 0.25) is 0 Å². The van der Waals surface area contributed by atoms with E-state index in [0.717, 1.165) is 17.9 Å². The summed E-state index contributed by atoms with van der Waals surface area (Å²) in [5, 5.41) is 0.853. The predicted octanol–water partition coefficient (Wildman–Crippen LogP) is 1.30. The minimum absolute atomic E-state index is 0.0418. The van der Waals surface area contributed by atoms with Gasteiger partial charge in [0.1, 0.15) is 6.29 Å². The van der Waals surface area contributed by atoms with Crippen LogP contribution < -0.4 is 0 Å². The zero-order chi connectivity index (χ0) is 10.4. The third-order valence-electron chi connectivity index (χ3n) is 1.61. The van der Waals surface area contributed by atoms with Gasteiger partial charge >= 0.3 is 0 Å². The van der Waals surface area contributed by atoms with Crippen LogP contribution in [0.5, 0.6) is 0 Å². The molecule has 0 saturated carbocycles. The molecule has 1 aromatic heterocycles. The normalized spacial score (nSPS) is 12.8. The van der Waals surface area contributed by atoms with E-state index in [-0.39, 0.29) is 5.25 Å². The maximum atomic E-state index is 10.8. The van der Waals surface area contributed by atoms with Crippen LogP contribution in [0.4, 0.5) is 0 Å². The molecule has 0 aromatic carbocycles. The highest BCUT2D eigenvalue weighted by molar-refractivity contribution is 8.00. The second-order valence-corrected chi connectivity index (χ2v) is 4.48. The maximum absolute atomic E-state index is 10.8. The Bertz CT molecular complexity index is 277. The zero-order valence-corrected chi connectivity index (χ0v) is 9.20. The van der Waals surface area contributed by atoms with E-state index >= 15 is 0 Å². The van der Waals surface area contributed by atoms with Gasteiger partial charge in [-0.2, -0.15) is 0 Å². The Labute approximate surface area is 88.5 Å². The highest BCUT2D eigenvalue weighted by Gasteiger charge is 2.10. The molecule has 14 heavy (non-hydrogen) atoms. The molecule has 3 nitrogen and oxygen atoms in total. The van der Waals surface area contributed by atoms with Crippen molar-refractivity contribution in [2.45, 2.75) is 10.3 Å². The van der Waals surface area contributed by atoms with Crippen LogP contribution >= 0.6 is 11.8 Å². The summed E-state index contributed by atoms with van der Waals surface area (Å²) in [5.74, 6) is 0. The first kappa shape index (κ1) is 11.2. The Kier molecular flexibility index (Phi) is 4.62. The SMILES string of the molecule is CN(C)CC(C=O)Sc1ccccn1. The highest BCUT2D eigenvalue weighted by atomic mass is 32.2. The van der Waals surface area contributed by atoms with Crippen molar-refractivity contribution in [3.05, 3.63) is 24.4 Å². The molecule has 0 saturated heterocycles. The second-order valence-electron chi connectivity index (χ2n) is 3.22. The molecule has 0 fully saturated rings. The summed E-state index contributed by atoms with van der Waals surface area (Å²) >= 11 is 1.50. The van der Waals surface area contributed by atoms with Crippen molar-refractivity contribution in [2.24, 2.45) is 0 Å². The van der Waals surface area contributed by atoms with Crippen molar-refractivity contribution in [2.75, 3.05) is 20.6 Å². The summed E-state index contributed by atoms with van der Waals surface area (Å²) in [4.78, 5) is 16.9. The number of carbonyl (C=O) groups is 1. The first-order valence-corrected chi connectivity index (χ1v) is 5.28. The average molecular weight is 210 g/mol. The van der Waals surface area contributed by atoms with Gasteiger partial charge in [0.25, 0.3) is 0 Å². The van der Waals surface area contributed by atoms with E-state index in [1.165, 1.54) is 11.8 Å². The second kappa shape index (κ2) is 5.78. The van der Waals surface area contributed by atoms with Crippen molar-refractivity contribution in [1.82, 2.24) is 9.88 Å². The summed E-state index contributed by atoms with van der Waals surface area (Å²) in [6, 6.07) is 5.70. The molecular formula is C10H14N2OS. The van der Waals surface area contributed by atoms with E-state index in [0.29, 0.717) is 0 Å². The van der Waals surface area contributed by atoms with Crippen molar-refractivity contribution < 1.29 is 4.79 Å². The van der Waals surface area contributed by atoms with Gasteiger partial charge in [0.05, 0.1) is 10.3 Å². The molecule has 0 spiro atoms. The molecule has 0 amide bonds. The zero-order valence-electron chi connectivity index (χ0n) is 8.38. The summed E-state index contributed by atoms with van der Waals surface area (Å²) in [6.07, 6.45) is 2.71. The Morgan fingerprint density at radius 3 is 2.86 bits per heavy atom. The van der Waals surface area contributed by atoms with Gasteiger partial charge in [0, 0.05) is 12.7 Å². The topological polar surface area (TPSA) is 33.2 Å². The summed E-state index contributed by atoms with van der Waals surface area (Å²) in [7, 11) is 3.91. The fraction of sp³-hybridized carbons (Fsp3) is 0.400. The summed E-state index contributed by atoms with van der Waals surface area (Å²) < 4.78 is 0. The van der Waals surface area contributed by atoms with Gasteiger partial charge in [-0.1, -0.05) is 17.8 Å². The van der Waals surface area contributed by atoms with Gasteiger partial charge in [0.15, 0.2) is 0 Å². The highest BCUT2D eigenvalue weighted by Crippen LogP contribution is 2.19. The molecule has 0 radical (unpaired) electrons. The minimum Gasteiger partial charge on any atom is -0.308 e. The smallest absolute Gasteiger partial charge is 0.134 e. The minimum atomic E-state index is -0.0418. The van der Waals surface area contributed by atoms with Gasteiger partial charge in [-0.05, 0) is 26.2 Å². The maximum Gasteiger partial charge on any atom is 0.134 e. The van der Waals surface area contributed by atoms with Gasteiger partial charge in [-0.25, -0.2) is 4.98 Å². The molecule has 0 aliphatic carbocycles. The fourth-order valence-electron chi connectivity index (χ4n) is 1.04. The lowest BCUT2D eigenvalue weighted by molar-refractivity contribution is -0.107. The van der Waals surface area contributed by atoms with Gasteiger partial charge in [0.2, 0.25) is 0 Å². The summed E-state index contributed by atoms with van der Waals surface area (Å²) in [6.45, 7) is 0.741. The van der Waals surface area contributed by atoms with Crippen molar-refractivity contribution in [1.29, 1.82) is 0 Å². The van der Waals surface area contributed by atoms with E-state index in [1.54, 1.807) is 6.20 Å². The quantitative estimate of drug-likeness (QED) is 0.542. The van der Waals surface area contributed by atoms with Gasteiger partial charge in [-0.3, -0.25) is 0 Å². The predicted molar refractivity (Wildman–Crippen MR) is 58.5 cm³/mol. The van der Waals surface area contributed by atoms with Crippen LogP contribution in [0.1, 0.15) is 0 Å². The van der Waals surface area contributed by atoms with E-state index in [1.807, 2.05) is 37.2 Å². The summed E-state index contributed by atoms with van der Waals surface area (Å²) in [5.41, 5.74) is 0.